The van der Waals surface area contributed by atoms with Gasteiger partial charge < -0.3 is 14.4 Å². The molecule has 3 heterocycles. The van der Waals surface area contributed by atoms with E-state index in [4.69, 9.17) is 4.98 Å². The summed E-state index contributed by atoms with van der Waals surface area (Å²) in [6, 6.07) is 47.4. The predicted molar refractivity (Wildman–Crippen MR) is 210 cm³/mol. The molecule has 1 aliphatic rings. The molecule has 2 aromatic heterocycles. The molecule has 0 N–H and O–H groups in total. The van der Waals surface area contributed by atoms with Crippen LogP contribution < -0.4 is 20.2 Å². The number of pyridine rings is 1. The van der Waals surface area contributed by atoms with Crippen molar-refractivity contribution in [2.45, 2.75) is 53.3 Å². The average Bonchev–Trinajstić information content (AvgIpc) is 3.65. The second-order valence-corrected chi connectivity index (χ2v) is 19.2. The van der Waals surface area contributed by atoms with E-state index in [-0.39, 0.29) is 26.6 Å². The molecule has 4 nitrogen and oxygen atoms in total. The number of rotatable bonds is 5. The average molecular weight is 850 g/mol. The van der Waals surface area contributed by atoms with Gasteiger partial charge in [-0.15, -0.1) is 11.5 Å². The maximum absolute atomic E-state index is 4.95. The monoisotopic (exact) mass is 849 g/mol. The number of anilines is 3. The Labute approximate surface area is 311 Å². The largest absolute Gasteiger partial charge is 2.00 e. The first kappa shape index (κ1) is 34.0. The van der Waals surface area contributed by atoms with Gasteiger partial charge in [0.1, 0.15) is 5.82 Å². The summed E-state index contributed by atoms with van der Waals surface area (Å²) in [7, 11) is -2.24. The van der Waals surface area contributed by atoms with Crippen LogP contribution in [0, 0.1) is 26.0 Å². The van der Waals surface area contributed by atoms with Crippen molar-refractivity contribution in [2.75, 3.05) is 16.5 Å². The fraction of sp³-hybridized carbons (Fsp3) is 0.205. The SMILES string of the molecule is Cc1cccc(C)c1-c1ccnc(-n2c3[c-]c([Si](C)(C)c4[c-]c(N5CN(C(C)(C)C)c6ccccc65)ccc4)ccc3c3ccccc32)c1.[Pt+2]. The zero-order chi connectivity index (χ0) is 34.1. The smallest absolute Gasteiger partial charge is 0.347 e. The summed E-state index contributed by atoms with van der Waals surface area (Å²) in [4.78, 5) is 9.85. The van der Waals surface area contributed by atoms with Crippen molar-refractivity contribution >= 4 is 57.3 Å². The molecule has 252 valence electrons. The fourth-order valence-electron chi connectivity index (χ4n) is 7.58. The van der Waals surface area contributed by atoms with E-state index in [1.807, 2.05) is 6.20 Å². The molecule has 8 rings (SSSR count). The van der Waals surface area contributed by atoms with Crippen LogP contribution in [-0.2, 0) is 21.1 Å². The maximum Gasteiger partial charge on any atom is 2.00 e. The van der Waals surface area contributed by atoms with Crippen LogP contribution in [0.4, 0.5) is 17.1 Å². The number of aryl methyl sites for hydroxylation is 2. The minimum atomic E-state index is -2.24. The van der Waals surface area contributed by atoms with Crippen molar-refractivity contribution in [1.82, 2.24) is 9.55 Å². The van der Waals surface area contributed by atoms with Gasteiger partial charge in [-0.2, -0.15) is 46.8 Å². The van der Waals surface area contributed by atoms with E-state index in [0.717, 1.165) is 29.2 Å². The number of nitrogens with zero attached hydrogens (tertiary/aromatic N) is 4. The van der Waals surface area contributed by atoms with Crippen molar-refractivity contribution in [3.8, 4) is 16.9 Å². The van der Waals surface area contributed by atoms with Gasteiger partial charge in [0.15, 0.2) is 0 Å². The third kappa shape index (κ3) is 5.61. The molecule has 0 spiro atoms. The number of fused-ring (bicyclic) bond motifs is 4. The van der Waals surface area contributed by atoms with Crippen molar-refractivity contribution < 1.29 is 21.1 Å². The van der Waals surface area contributed by atoms with Crippen LogP contribution in [0.15, 0.2) is 115 Å². The molecule has 50 heavy (non-hydrogen) atoms. The van der Waals surface area contributed by atoms with Crippen LogP contribution in [0.25, 0.3) is 38.8 Å². The zero-order valence-electron chi connectivity index (χ0n) is 29.8. The molecule has 6 heteroatoms. The Morgan fingerprint density at radius 3 is 2.14 bits per heavy atom. The van der Waals surface area contributed by atoms with Gasteiger partial charge in [-0.1, -0.05) is 72.8 Å². The molecule has 0 bridgehead atoms. The van der Waals surface area contributed by atoms with E-state index in [1.165, 1.54) is 54.8 Å². The Morgan fingerprint density at radius 1 is 0.700 bits per heavy atom. The van der Waals surface area contributed by atoms with Crippen LogP contribution in [-0.4, -0.2) is 29.8 Å². The standard InChI is InChI=1S/C44H42N4Si.Pt/c1-30-14-12-15-31(2)43(30)32-24-25-45-42(26-32)48-38-19-9-8-18-36(38)37-23-22-35(28-41(37)48)49(6,7)34-17-13-16-33(27-34)46-29-47(44(3,4)5)40-21-11-10-20-39(40)46;/h8-26H,29H2,1-7H3;/q-2;+2. The van der Waals surface area contributed by atoms with E-state index in [2.05, 4.69) is 183 Å². The maximum atomic E-state index is 4.95. The van der Waals surface area contributed by atoms with Gasteiger partial charge in [0, 0.05) is 17.3 Å². The normalized spacial score (nSPS) is 13.2. The fourth-order valence-corrected chi connectivity index (χ4v) is 9.75. The second-order valence-electron chi connectivity index (χ2n) is 14.9. The van der Waals surface area contributed by atoms with Crippen molar-refractivity contribution in [2.24, 2.45) is 0 Å². The predicted octanol–water partition coefficient (Wildman–Crippen LogP) is 9.60. The molecule has 0 atom stereocenters. The summed E-state index contributed by atoms with van der Waals surface area (Å²) < 4.78 is 2.30. The zero-order valence-corrected chi connectivity index (χ0v) is 33.1. The number of hydrogen-bond donors (Lipinski definition) is 0. The number of hydrogen-bond acceptors (Lipinski definition) is 3. The Kier molecular flexibility index (Phi) is 8.65. The molecule has 5 aromatic carbocycles. The van der Waals surface area contributed by atoms with E-state index in [1.54, 1.807) is 0 Å². The number of benzene rings is 5. The topological polar surface area (TPSA) is 24.3 Å². The van der Waals surface area contributed by atoms with E-state index in [0.29, 0.717) is 0 Å². The van der Waals surface area contributed by atoms with Gasteiger partial charge in [0.05, 0.1) is 26.1 Å². The van der Waals surface area contributed by atoms with Crippen LogP contribution in [0.3, 0.4) is 0 Å². The summed E-state index contributed by atoms with van der Waals surface area (Å²) >= 11 is 0. The van der Waals surface area contributed by atoms with Gasteiger partial charge in [-0.25, -0.2) is 4.98 Å². The third-order valence-corrected chi connectivity index (χ3v) is 13.6. The van der Waals surface area contributed by atoms with Crippen molar-refractivity contribution in [3.05, 3.63) is 139 Å². The number of aromatic nitrogens is 2. The first-order chi connectivity index (χ1) is 23.5. The van der Waals surface area contributed by atoms with Gasteiger partial charge in [-0.05, 0) is 92.6 Å². The summed E-state index contributed by atoms with van der Waals surface area (Å²) in [6.07, 6.45) is 1.94. The van der Waals surface area contributed by atoms with Crippen molar-refractivity contribution in [3.63, 3.8) is 0 Å². The summed E-state index contributed by atoms with van der Waals surface area (Å²) in [5.41, 5.74) is 10.8. The van der Waals surface area contributed by atoms with Crippen molar-refractivity contribution in [1.29, 1.82) is 0 Å². The molecule has 0 saturated heterocycles. The van der Waals surface area contributed by atoms with Crippen LogP contribution in [0.5, 0.6) is 0 Å². The first-order valence-electron chi connectivity index (χ1n) is 17.2. The second kappa shape index (κ2) is 12.7. The number of para-hydroxylation sites is 3. The molecule has 7 aromatic rings. The van der Waals surface area contributed by atoms with Gasteiger partial charge in [0.25, 0.3) is 0 Å². The summed E-state index contributed by atoms with van der Waals surface area (Å²) in [6.45, 7) is 16.9. The van der Waals surface area contributed by atoms with Gasteiger partial charge in [0.2, 0.25) is 0 Å². The first-order valence-corrected chi connectivity index (χ1v) is 20.2. The van der Waals surface area contributed by atoms with Crippen LogP contribution in [0.2, 0.25) is 13.1 Å². The molecule has 0 fully saturated rings. The minimum absolute atomic E-state index is 0. The van der Waals surface area contributed by atoms with E-state index < -0.39 is 8.07 Å². The molecule has 0 saturated carbocycles. The molecule has 1 aliphatic heterocycles. The Hall–Kier alpha value is -4.44. The molecule has 0 radical (unpaired) electrons. The molecular weight excluding hydrogens is 808 g/mol. The minimum Gasteiger partial charge on any atom is -0.347 e. The van der Waals surface area contributed by atoms with Gasteiger partial charge in [-0.3, -0.25) is 0 Å². The third-order valence-electron chi connectivity index (χ3n) is 10.3. The summed E-state index contributed by atoms with van der Waals surface area (Å²) in [5.74, 6) is 0.906. The van der Waals surface area contributed by atoms with E-state index in [9.17, 15) is 0 Å². The van der Waals surface area contributed by atoms with Crippen LogP contribution >= 0.6 is 0 Å². The molecule has 0 amide bonds. The summed E-state index contributed by atoms with van der Waals surface area (Å²) in [5, 5.41) is 4.92. The van der Waals surface area contributed by atoms with Crippen LogP contribution in [0.1, 0.15) is 31.9 Å². The Balaban J connectivity index is 0.00000392. The quantitative estimate of drug-likeness (QED) is 0.128. The molecule has 0 aliphatic carbocycles. The van der Waals surface area contributed by atoms with Gasteiger partial charge >= 0.3 is 21.1 Å². The molecular formula is C44H42N4PtSi. The van der Waals surface area contributed by atoms with E-state index >= 15 is 0 Å². The Bertz CT molecular complexity index is 2360. The molecule has 0 unspecified atom stereocenters. The Morgan fingerprint density at radius 2 is 1.38 bits per heavy atom.